The maximum absolute atomic E-state index is 10.5. The second kappa shape index (κ2) is 3.20. The van der Waals surface area contributed by atoms with Gasteiger partial charge in [0, 0.05) is 5.56 Å². The van der Waals surface area contributed by atoms with Crippen LogP contribution in [0.15, 0.2) is 36.8 Å². The van der Waals surface area contributed by atoms with Gasteiger partial charge in [-0.05, 0) is 24.3 Å². The molecule has 17 heavy (non-hydrogen) atoms. The van der Waals surface area contributed by atoms with Gasteiger partial charge in [-0.15, -0.1) is 0 Å². The van der Waals surface area contributed by atoms with Gasteiger partial charge in [0.05, 0.1) is 30.4 Å². The van der Waals surface area contributed by atoms with Gasteiger partial charge in [-0.25, -0.2) is 4.98 Å². The molecule has 1 aromatic carbocycles. The van der Waals surface area contributed by atoms with Crippen molar-refractivity contribution in [2.24, 2.45) is 5.92 Å². The van der Waals surface area contributed by atoms with E-state index >= 15 is 0 Å². The second-order valence-electron chi connectivity index (χ2n) is 5.05. The molecule has 0 spiro atoms. The highest BCUT2D eigenvalue weighted by molar-refractivity contribution is 5.69. The van der Waals surface area contributed by atoms with E-state index in [1.807, 2.05) is 24.7 Å². The number of fused-ring (bicyclic) bond motifs is 3. The third-order valence-corrected chi connectivity index (χ3v) is 3.95. The van der Waals surface area contributed by atoms with E-state index in [0.29, 0.717) is 5.92 Å². The zero-order chi connectivity index (χ0) is 11.4. The predicted octanol–water partition coefficient (Wildman–Crippen LogP) is 2.22. The first-order valence-electron chi connectivity index (χ1n) is 6.15. The lowest BCUT2D eigenvalue weighted by Gasteiger charge is -2.21. The molecular formula is C14H14N2O. The zero-order valence-electron chi connectivity index (χ0n) is 9.45. The fourth-order valence-corrected chi connectivity index (χ4v) is 2.92. The molecule has 1 saturated carbocycles. The van der Waals surface area contributed by atoms with Crippen LogP contribution >= 0.6 is 0 Å². The smallest absolute Gasteiger partial charge is 0.0957 e. The average molecular weight is 226 g/mol. The topological polar surface area (TPSA) is 38.1 Å². The summed E-state index contributed by atoms with van der Waals surface area (Å²) in [5, 5.41) is 10.5. The van der Waals surface area contributed by atoms with E-state index in [0.717, 1.165) is 18.5 Å². The highest BCUT2D eigenvalue weighted by Gasteiger charge is 2.41. The van der Waals surface area contributed by atoms with Gasteiger partial charge in [-0.2, -0.15) is 0 Å². The summed E-state index contributed by atoms with van der Waals surface area (Å²) in [6, 6.07) is 8.39. The maximum atomic E-state index is 10.5. The monoisotopic (exact) mass is 226 g/mol. The summed E-state index contributed by atoms with van der Waals surface area (Å²) in [7, 11) is 0. The van der Waals surface area contributed by atoms with Crippen molar-refractivity contribution in [3.63, 3.8) is 0 Å². The van der Waals surface area contributed by atoms with Crippen LogP contribution in [0.3, 0.4) is 0 Å². The molecule has 1 N–H and O–H groups in total. The summed E-state index contributed by atoms with van der Waals surface area (Å²) in [6.07, 6.45) is 5.77. The van der Waals surface area contributed by atoms with Gasteiger partial charge in [0.1, 0.15) is 0 Å². The molecule has 3 heteroatoms. The Hall–Kier alpha value is -1.61. The fraction of sp³-hybridized carbons (Fsp3) is 0.357. The van der Waals surface area contributed by atoms with Crippen molar-refractivity contribution in [3.05, 3.63) is 42.4 Å². The summed E-state index contributed by atoms with van der Waals surface area (Å²) in [4.78, 5) is 4.21. The third kappa shape index (κ3) is 1.23. The van der Waals surface area contributed by atoms with Crippen LogP contribution in [0.4, 0.5) is 0 Å². The minimum atomic E-state index is -0.272. The number of hydrogen-bond donors (Lipinski definition) is 1. The van der Waals surface area contributed by atoms with E-state index in [1.165, 1.54) is 11.1 Å². The lowest BCUT2D eigenvalue weighted by atomic mass is 9.97. The number of hydrogen-bond acceptors (Lipinski definition) is 2. The van der Waals surface area contributed by atoms with Crippen molar-refractivity contribution in [2.75, 3.05) is 0 Å². The van der Waals surface area contributed by atoms with E-state index in [1.54, 1.807) is 0 Å². The van der Waals surface area contributed by atoms with Crippen LogP contribution in [0.5, 0.6) is 0 Å². The minimum absolute atomic E-state index is 0.0659. The fourth-order valence-electron chi connectivity index (χ4n) is 2.92. The van der Waals surface area contributed by atoms with Crippen LogP contribution < -0.4 is 0 Å². The molecule has 2 atom stereocenters. The molecule has 1 aliphatic carbocycles. The molecule has 2 aromatic rings. The molecule has 0 bridgehead atoms. The van der Waals surface area contributed by atoms with Gasteiger partial charge in [0.2, 0.25) is 0 Å². The Labute approximate surface area is 99.7 Å². The summed E-state index contributed by atoms with van der Waals surface area (Å²) < 4.78 is 2.12. The third-order valence-electron chi connectivity index (χ3n) is 3.95. The summed E-state index contributed by atoms with van der Waals surface area (Å²) in [5.41, 5.74) is 3.59. The molecule has 4 rings (SSSR count). The first kappa shape index (κ1) is 9.42. The highest BCUT2D eigenvalue weighted by atomic mass is 16.3. The Balaban J connectivity index is 1.89. The van der Waals surface area contributed by atoms with E-state index < -0.39 is 0 Å². The largest absolute Gasteiger partial charge is 0.390 e. The van der Waals surface area contributed by atoms with Crippen LogP contribution in [-0.4, -0.2) is 20.8 Å². The number of imidazole rings is 1. The SMILES string of the molecule is OC(C1CC1)C1c2ccccc2-c2cncn21. The standard InChI is InChI=1S/C14H14N2O/c17-14(9-5-6-9)13-11-4-2-1-3-10(11)12-7-15-8-16(12)13/h1-4,7-9,13-14,17H,5-6H2. The van der Waals surface area contributed by atoms with Gasteiger partial charge >= 0.3 is 0 Å². The van der Waals surface area contributed by atoms with Gasteiger partial charge in [-0.3, -0.25) is 0 Å². The Kier molecular flexibility index (Phi) is 1.77. The molecule has 1 fully saturated rings. The molecule has 0 saturated heterocycles. The van der Waals surface area contributed by atoms with Crippen molar-refractivity contribution in [1.29, 1.82) is 0 Å². The first-order valence-corrected chi connectivity index (χ1v) is 6.15. The van der Waals surface area contributed by atoms with Crippen LogP contribution in [0.1, 0.15) is 24.4 Å². The van der Waals surface area contributed by atoms with E-state index in [9.17, 15) is 5.11 Å². The van der Waals surface area contributed by atoms with E-state index in [2.05, 4.69) is 21.7 Å². The average Bonchev–Trinajstić information content (AvgIpc) is 3.01. The van der Waals surface area contributed by atoms with E-state index in [-0.39, 0.29) is 12.1 Å². The molecule has 3 nitrogen and oxygen atoms in total. The van der Waals surface area contributed by atoms with Crippen LogP contribution in [0.25, 0.3) is 11.3 Å². The summed E-state index contributed by atoms with van der Waals surface area (Å²) in [6.45, 7) is 0. The number of aromatic nitrogens is 2. The second-order valence-corrected chi connectivity index (χ2v) is 5.05. The number of nitrogens with zero attached hydrogens (tertiary/aromatic N) is 2. The normalized spacial score (nSPS) is 23.2. The van der Waals surface area contributed by atoms with Gasteiger partial charge in [0.25, 0.3) is 0 Å². The summed E-state index contributed by atoms with van der Waals surface area (Å²) in [5.74, 6) is 0.474. The Bertz CT molecular complexity index is 571. The lowest BCUT2D eigenvalue weighted by Crippen LogP contribution is -2.24. The molecule has 0 radical (unpaired) electrons. The molecule has 2 unspecified atom stereocenters. The van der Waals surface area contributed by atoms with Crippen molar-refractivity contribution < 1.29 is 5.11 Å². The number of aliphatic hydroxyl groups excluding tert-OH is 1. The Morgan fingerprint density at radius 2 is 2.12 bits per heavy atom. The maximum Gasteiger partial charge on any atom is 0.0957 e. The van der Waals surface area contributed by atoms with Crippen molar-refractivity contribution in [2.45, 2.75) is 25.0 Å². The van der Waals surface area contributed by atoms with Crippen molar-refractivity contribution in [1.82, 2.24) is 9.55 Å². The highest BCUT2D eigenvalue weighted by Crippen LogP contribution is 2.46. The zero-order valence-corrected chi connectivity index (χ0v) is 9.45. The quantitative estimate of drug-likeness (QED) is 0.852. The number of rotatable bonds is 2. The van der Waals surface area contributed by atoms with Crippen molar-refractivity contribution >= 4 is 0 Å². The lowest BCUT2D eigenvalue weighted by molar-refractivity contribution is 0.111. The summed E-state index contributed by atoms with van der Waals surface area (Å²) >= 11 is 0. The first-order chi connectivity index (χ1) is 8.36. The van der Waals surface area contributed by atoms with E-state index in [4.69, 9.17) is 0 Å². The minimum Gasteiger partial charge on any atom is -0.390 e. The van der Waals surface area contributed by atoms with Gasteiger partial charge < -0.3 is 9.67 Å². The molecule has 86 valence electrons. The number of aliphatic hydroxyl groups is 1. The van der Waals surface area contributed by atoms with Gasteiger partial charge in [0.15, 0.2) is 0 Å². The molecule has 1 aromatic heterocycles. The Morgan fingerprint density at radius 1 is 1.29 bits per heavy atom. The van der Waals surface area contributed by atoms with Gasteiger partial charge in [-0.1, -0.05) is 24.3 Å². The van der Waals surface area contributed by atoms with Crippen molar-refractivity contribution in [3.8, 4) is 11.3 Å². The predicted molar refractivity (Wildman–Crippen MR) is 64.5 cm³/mol. The Morgan fingerprint density at radius 3 is 2.94 bits per heavy atom. The molecule has 1 aliphatic heterocycles. The molecule has 0 amide bonds. The number of benzene rings is 1. The molecular weight excluding hydrogens is 212 g/mol. The molecule has 2 heterocycles. The van der Waals surface area contributed by atoms with Crippen LogP contribution in [0, 0.1) is 5.92 Å². The molecule has 2 aliphatic rings. The van der Waals surface area contributed by atoms with Crippen LogP contribution in [-0.2, 0) is 0 Å². The van der Waals surface area contributed by atoms with Crippen LogP contribution in [0.2, 0.25) is 0 Å².